The average molecular weight is 284 g/mol. The zero-order chi connectivity index (χ0) is 14.8. The van der Waals surface area contributed by atoms with Gasteiger partial charge in [0.1, 0.15) is 11.0 Å². The zero-order valence-corrected chi connectivity index (χ0v) is 11.3. The van der Waals surface area contributed by atoms with Gasteiger partial charge in [0.25, 0.3) is 11.8 Å². The summed E-state index contributed by atoms with van der Waals surface area (Å²) >= 11 is 0. The maximum Gasteiger partial charge on any atom is 0.275 e. The van der Waals surface area contributed by atoms with Crippen molar-refractivity contribution in [1.82, 2.24) is 9.97 Å². The second kappa shape index (κ2) is 5.12. The van der Waals surface area contributed by atoms with Crippen molar-refractivity contribution >= 4 is 22.2 Å². The lowest BCUT2D eigenvalue weighted by Gasteiger charge is -1.79. The maximum atomic E-state index is 5.48. The van der Waals surface area contributed by atoms with Crippen molar-refractivity contribution in [2.75, 3.05) is 0 Å². The molecule has 0 spiro atoms. The quantitative estimate of drug-likeness (QED) is 0.464. The fraction of sp³-hybridized carbons (Fsp3) is 0. The molecule has 4 rings (SSSR count). The van der Waals surface area contributed by atoms with Crippen LogP contribution in [0.4, 0.5) is 0 Å². The molecule has 0 N–H and O–H groups in total. The molecule has 0 aliphatic rings. The first-order valence-electron chi connectivity index (χ1n) is 6.62. The number of hydrogen-bond donors (Lipinski definition) is 0. The van der Waals surface area contributed by atoms with Crippen LogP contribution in [0.5, 0.6) is 0 Å². The minimum Gasteiger partial charge on any atom is -0.430 e. The summed E-state index contributed by atoms with van der Waals surface area (Å²) in [5, 5.41) is 0. The highest BCUT2D eigenvalue weighted by molar-refractivity contribution is 5.73. The van der Waals surface area contributed by atoms with Crippen LogP contribution >= 0.6 is 0 Å². The molecule has 2 aromatic carbocycles. The predicted molar refractivity (Wildman–Crippen MR) is 81.8 cm³/mol. The fourth-order valence-corrected chi connectivity index (χ4v) is 2.02. The number of aromatic nitrogens is 2. The van der Waals surface area contributed by atoms with E-state index in [1.165, 1.54) is 0 Å². The Morgan fingerprint density at radius 2 is 1.09 bits per heavy atom. The normalized spacial score (nSPS) is 10.0. The van der Waals surface area contributed by atoms with Gasteiger partial charge in [-0.3, -0.25) is 0 Å². The molecule has 0 aliphatic heterocycles. The number of nitrogens with zero attached hydrogens (tertiary/aromatic N) is 2. The van der Waals surface area contributed by atoms with Crippen LogP contribution in [0.3, 0.4) is 0 Å². The van der Waals surface area contributed by atoms with Crippen molar-refractivity contribution in [2.24, 2.45) is 0 Å². The van der Waals surface area contributed by atoms with Crippen molar-refractivity contribution in [2.45, 2.75) is 0 Å². The fourth-order valence-electron chi connectivity index (χ4n) is 2.02. The Balaban J connectivity index is 1.60. The van der Waals surface area contributed by atoms with Gasteiger partial charge in [-0.25, -0.2) is 9.97 Å². The van der Waals surface area contributed by atoms with Crippen LogP contribution < -0.4 is 0 Å². The molecule has 0 unspecified atom stereocenters. The largest absolute Gasteiger partial charge is 0.430 e. The van der Waals surface area contributed by atoms with Crippen LogP contribution in [0, 0.1) is 23.7 Å². The summed E-state index contributed by atoms with van der Waals surface area (Å²) in [7, 11) is 0. The summed E-state index contributed by atoms with van der Waals surface area (Å²) in [5.41, 5.74) is 2.97. The molecule has 22 heavy (non-hydrogen) atoms. The molecule has 102 valence electrons. The van der Waals surface area contributed by atoms with Crippen molar-refractivity contribution in [1.29, 1.82) is 0 Å². The van der Waals surface area contributed by atoms with Crippen molar-refractivity contribution in [3.8, 4) is 23.7 Å². The summed E-state index contributed by atoms with van der Waals surface area (Å²) in [6.07, 6.45) is 0. The number of oxazole rings is 2. The molecule has 4 aromatic rings. The molecule has 4 nitrogen and oxygen atoms in total. The number of fused-ring (bicyclic) bond motifs is 2. The smallest absolute Gasteiger partial charge is 0.275 e. The second-order valence-corrected chi connectivity index (χ2v) is 4.47. The van der Waals surface area contributed by atoms with Gasteiger partial charge in [0.15, 0.2) is 11.2 Å². The van der Waals surface area contributed by atoms with E-state index in [1.54, 1.807) is 0 Å². The average Bonchev–Trinajstić information content (AvgIpc) is 3.14. The van der Waals surface area contributed by atoms with E-state index in [9.17, 15) is 0 Å². The Morgan fingerprint density at radius 3 is 1.55 bits per heavy atom. The van der Waals surface area contributed by atoms with Crippen LogP contribution in [0.1, 0.15) is 11.8 Å². The molecule has 0 aliphatic carbocycles. The van der Waals surface area contributed by atoms with E-state index in [-0.39, 0.29) is 0 Å². The van der Waals surface area contributed by atoms with E-state index in [2.05, 4.69) is 33.6 Å². The monoisotopic (exact) mass is 284 g/mol. The summed E-state index contributed by atoms with van der Waals surface area (Å²) in [5.74, 6) is 11.6. The van der Waals surface area contributed by atoms with Gasteiger partial charge in [-0.1, -0.05) is 24.3 Å². The molecule has 4 heteroatoms. The van der Waals surface area contributed by atoms with E-state index in [0.29, 0.717) is 22.9 Å². The van der Waals surface area contributed by atoms with Gasteiger partial charge < -0.3 is 8.83 Å². The highest BCUT2D eigenvalue weighted by Gasteiger charge is 2.01. The third-order valence-corrected chi connectivity index (χ3v) is 2.99. The van der Waals surface area contributed by atoms with Gasteiger partial charge in [-0.05, 0) is 36.1 Å². The molecule has 0 amide bonds. The first kappa shape index (κ1) is 12.3. The highest BCUT2D eigenvalue weighted by atomic mass is 16.3. The SMILES string of the molecule is C(C#Cc1nc2ccccc2o1)#Cc1nc2ccccc2o1. The van der Waals surface area contributed by atoms with Crippen LogP contribution in [-0.4, -0.2) is 9.97 Å². The summed E-state index contributed by atoms with van der Waals surface area (Å²) in [6, 6.07) is 15.0. The van der Waals surface area contributed by atoms with E-state index >= 15 is 0 Å². The first-order valence-corrected chi connectivity index (χ1v) is 6.62. The molecule has 0 bridgehead atoms. The van der Waals surface area contributed by atoms with Gasteiger partial charge in [-0.2, -0.15) is 0 Å². The highest BCUT2D eigenvalue weighted by Crippen LogP contribution is 2.14. The molecule has 0 saturated heterocycles. The standard InChI is InChI=1S/C18H8N2O2/c1-3-9-15-13(7-1)19-17(21-15)11-5-6-12-18-20-14-8-2-4-10-16(14)22-18/h1-4,7-10H. The molecular formula is C18H8N2O2. The summed E-state index contributed by atoms with van der Waals surface area (Å²) in [4.78, 5) is 8.49. The second-order valence-electron chi connectivity index (χ2n) is 4.47. The van der Waals surface area contributed by atoms with Gasteiger partial charge in [0.05, 0.1) is 0 Å². The summed E-state index contributed by atoms with van der Waals surface area (Å²) in [6.45, 7) is 0. The van der Waals surface area contributed by atoms with E-state index in [4.69, 9.17) is 8.83 Å². The van der Waals surface area contributed by atoms with E-state index < -0.39 is 0 Å². The zero-order valence-electron chi connectivity index (χ0n) is 11.3. The van der Waals surface area contributed by atoms with Crippen molar-refractivity contribution in [3.05, 3.63) is 60.3 Å². The first-order chi connectivity index (χ1) is 10.9. The van der Waals surface area contributed by atoms with Crippen LogP contribution in [0.25, 0.3) is 22.2 Å². The molecule has 0 saturated carbocycles. The molecule has 2 aromatic heterocycles. The minimum absolute atomic E-state index is 0.341. The predicted octanol–water partition coefficient (Wildman–Crippen LogP) is 3.37. The minimum atomic E-state index is 0.341. The van der Waals surface area contributed by atoms with Gasteiger partial charge in [-0.15, -0.1) is 0 Å². The number of hydrogen-bond acceptors (Lipinski definition) is 4. The third-order valence-electron chi connectivity index (χ3n) is 2.99. The molecule has 0 fully saturated rings. The Morgan fingerprint density at radius 1 is 0.636 bits per heavy atom. The third kappa shape index (κ3) is 2.30. The van der Waals surface area contributed by atoms with E-state index in [0.717, 1.165) is 11.0 Å². The van der Waals surface area contributed by atoms with Gasteiger partial charge in [0.2, 0.25) is 0 Å². The Labute approximate surface area is 125 Å². The van der Waals surface area contributed by atoms with Crippen molar-refractivity contribution in [3.63, 3.8) is 0 Å². The summed E-state index contributed by atoms with van der Waals surface area (Å²) < 4.78 is 11.0. The number of para-hydroxylation sites is 4. The number of rotatable bonds is 0. The van der Waals surface area contributed by atoms with Crippen molar-refractivity contribution < 1.29 is 8.83 Å². The lowest BCUT2D eigenvalue weighted by atomic mass is 10.3. The molecule has 2 heterocycles. The maximum absolute atomic E-state index is 5.48. The Kier molecular flexibility index (Phi) is 2.85. The van der Waals surface area contributed by atoms with Crippen LogP contribution in [0.15, 0.2) is 57.4 Å². The molecular weight excluding hydrogens is 276 g/mol. The topological polar surface area (TPSA) is 52.1 Å². The Bertz CT molecular complexity index is 942. The van der Waals surface area contributed by atoms with Crippen LogP contribution in [0.2, 0.25) is 0 Å². The van der Waals surface area contributed by atoms with Gasteiger partial charge in [0, 0.05) is 11.8 Å². The number of benzene rings is 2. The van der Waals surface area contributed by atoms with Gasteiger partial charge >= 0.3 is 0 Å². The lowest BCUT2D eigenvalue weighted by molar-refractivity contribution is 0.585. The Hall–Kier alpha value is -3.50. The lowest BCUT2D eigenvalue weighted by Crippen LogP contribution is -1.72. The molecule has 0 radical (unpaired) electrons. The van der Waals surface area contributed by atoms with Crippen LogP contribution in [-0.2, 0) is 0 Å². The molecule has 0 atom stereocenters. The van der Waals surface area contributed by atoms with E-state index in [1.807, 2.05) is 48.5 Å².